The summed E-state index contributed by atoms with van der Waals surface area (Å²) in [5.74, 6) is -1.52. The smallest absolute Gasteiger partial charge is 0.305 e. The molecule has 1 aliphatic rings. The Hall–Kier alpha value is -0.860. The van der Waals surface area contributed by atoms with Gasteiger partial charge in [-0.15, -0.1) is 0 Å². The van der Waals surface area contributed by atoms with E-state index in [2.05, 4.69) is 0 Å². The molecule has 12 heteroatoms. The number of carbonyl (C=O) groups excluding carboxylic acids is 1. The van der Waals surface area contributed by atoms with E-state index in [0.717, 1.165) is 12.8 Å². The molecule has 5 N–H and O–H groups in total. The molecule has 0 spiro atoms. The van der Waals surface area contributed by atoms with Gasteiger partial charge in [-0.05, 0) is 6.42 Å². The van der Waals surface area contributed by atoms with Crippen molar-refractivity contribution in [1.29, 1.82) is 0 Å². The molecule has 1 aliphatic heterocycles. The van der Waals surface area contributed by atoms with Crippen molar-refractivity contribution in [1.82, 2.24) is 0 Å². The average molecular weight is 416 g/mol. The van der Waals surface area contributed by atoms with Crippen LogP contribution in [0.3, 0.4) is 0 Å². The molecular weight excluding hydrogens is 388 g/mol. The van der Waals surface area contributed by atoms with E-state index in [4.69, 9.17) is 18.8 Å². The molecular formula is C15H28O11S. The highest BCUT2D eigenvalue weighted by molar-refractivity contribution is 7.85. The van der Waals surface area contributed by atoms with Crippen molar-refractivity contribution < 1.29 is 52.4 Å². The van der Waals surface area contributed by atoms with Crippen LogP contribution >= 0.6 is 0 Å². The maximum Gasteiger partial charge on any atom is 0.305 e. The van der Waals surface area contributed by atoms with Crippen LogP contribution in [0.5, 0.6) is 0 Å². The minimum absolute atomic E-state index is 0.204. The Labute approximate surface area is 157 Å². The van der Waals surface area contributed by atoms with E-state index in [1.54, 1.807) is 0 Å². The Kier molecular flexibility index (Phi) is 10.0. The Morgan fingerprint density at radius 1 is 1.15 bits per heavy atom. The number of carbonyl (C=O) groups is 1. The molecule has 0 aromatic rings. The average Bonchev–Trinajstić information content (AvgIpc) is 2.59. The van der Waals surface area contributed by atoms with Crippen molar-refractivity contribution >= 4 is 16.1 Å². The van der Waals surface area contributed by atoms with Gasteiger partial charge in [-0.1, -0.05) is 19.8 Å². The normalized spacial score (nSPS) is 30.1. The third kappa shape index (κ3) is 8.35. The zero-order valence-electron chi connectivity index (χ0n) is 15.0. The van der Waals surface area contributed by atoms with E-state index >= 15 is 0 Å². The summed E-state index contributed by atoms with van der Waals surface area (Å²) >= 11 is 0. The summed E-state index contributed by atoms with van der Waals surface area (Å²) in [6.07, 6.45) is -7.00. The Bertz CT molecular complexity index is 552. The van der Waals surface area contributed by atoms with Crippen LogP contribution in [0.15, 0.2) is 0 Å². The Morgan fingerprint density at radius 2 is 1.81 bits per heavy atom. The first-order valence-electron chi connectivity index (χ1n) is 8.65. The summed E-state index contributed by atoms with van der Waals surface area (Å²) in [5, 5.41) is 38.9. The van der Waals surface area contributed by atoms with Crippen LogP contribution in [0.2, 0.25) is 0 Å². The number of hydrogen-bond acceptors (Lipinski definition) is 10. The predicted molar refractivity (Wildman–Crippen MR) is 90.2 cm³/mol. The SMILES string of the molecule is CCCCCC(=O)OC[C@H](CO)O[C@@H]1O[C@H](CS(=O)(=O)O)[C@@H](O)[C@H](O)[C@H]1O. The molecule has 0 aromatic carbocycles. The quantitative estimate of drug-likeness (QED) is 0.145. The van der Waals surface area contributed by atoms with E-state index in [-0.39, 0.29) is 13.0 Å². The van der Waals surface area contributed by atoms with E-state index < -0.39 is 65.3 Å². The van der Waals surface area contributed by atoms with Crippen LogP contribution in [-0.4, -0.2) is 95.1 Å². The highest BCUT2D eigenvalue weighted by atomic mass is 32.2. The van der Waals surface area contributed by atoms with Crippen LogP contribution in [0.4, 0.5) is 0 Å². The monoisotopic (exact) mass is 416 g/mol. The second-order valence-corrected chi connectivity index (χ2v) is 7.84. The molecule has 0 unspecified atom stereocenters. The fourth-order valence-electron chi connectivity index (χ4n) is 2.48. The Balaban J connectivity index is 2.62. The molecule has 0 aliphatic carbocycles. The molecule has 0 aromatic heterocycles. The van der Waals surface area contributed by atoms with Crippen LogP contribution in [-0.2, 0) is 29.1 Å². The summed E-state index contributed by atoms with van der Waals surface area (Å²) in [4.78, 5) is 11.6. The molecule has 0 saturated carbocycles. The summed E-state index contributed by atoms with van der Waals surface area (Å²) in [7, 11) is -4.54. The third-order valence-corrected chi connectivity index (χ3v) is 4.74. The lowest BCUT2D eigenvalue weighted by Gasteiger charge is -2.40. The van der Waals surface area contributed by atoms with Crippen LogP contribution in [0.25, 0.3) is 0 Å². The van der Waals surface area contributed by atoms with Crippen molar-refractivity contribution in [3.05, 3.63) is 0 Å². The molecule has 6 atom stereocenters. The first-order valence-corrected chi connectivity index (χ1v) is 10.3. The van der Waals surface area contributed by atoms with Gasteiger partial charge in [0.1, 0.15) is 42.9 Å². The lowest BCUT2D eigenvalue weighted by Crippen LogP contribution is -2.60. The van der Waals surface area contributed by atoms with Crippen molar-refractivity contribution in [3.63, 3.8) is 0 Å². The number of esters is 1. The minimum atomic E-state index is -4.54. The number of unbranched alkanes of at least 4 members (excludes halogenated alkanes) is 2. The van der Waals surface area contributed by atoms with Gasteiger partial charge in [-0.3, -0.25) is 9.35 Å². The van der Waals surface area contributed by atoms with E-state index in [1.165, 1.54) is 0 Å². The standard InChI is InChI=1S/C15H28O11S/c1-2-3-4-5-11(17)24-7-9(6-16)25-15-14(20)13(19)12(18)10(26-15)8-27(21,22)23/h9-10,12-16,18-20H,2-8H2,1H3,(H,21,22,23)/t9-,10+,12+,13-,14+,15+/m0/s1. The number of rotatable bonds is 11. The molecule has 0 bridgehead atoms. The molecule has 11 nitrogen and oxygen atoms in total. The third-order valence-electron chi connectivity index (χ3n) is 3.99. The highest BCUT2D eigenvalue weighted by Gasteiger charge is 2.46. The fourth-order valence-corrected chi connectivity index (χ4v) is 3.17. The van der Waals surface area contributed by atoms with Crippen molar-refractivity contribution in [3.8, 4) is 0 Å². The maximum absolute atomic E-state index is 11.6. The molecule has 1 rings (SSSR count). The van der Waals surface area contributed by atoms with Crippen LogP contribution in [0, 0.1) is 0 Å². The number of aliphatic hydroxyl groups excluding tert-OH is 4. The van der Waals surface area contributed by atoms with E-state index in [1.807, 2.05) is 6.92 Å². The zero-order valence-corrected chi connectivity index (χ0v) is 15.8. The summed E-state index contributed by atoms with van der Waals surface area (Å²) < 4.78 is 46.2. The largest absolute Gasteiger partial charge is 0.463 e. The van der Waals surface area contributed by atoms with Gasteiger partial charge in [0.15, 0.2) is 6.29 Å². The predicted octanol–water partition coefficient (Wildman–Crippen LogP) is -1.82. The van der Waals surface area contributed by atoms with E-state index in [0.29, 0.717) is 6.42 Å². The topological polar surface area (TPSA) is 180 Å². The van der Waals surface area contributed by atoms with Gasteiger partial charge < -0.3 is 34.6 Å². The lowest BCUT2D eigenvalue weighted by atomic mass is 10.00. The number of ether oxygens (including phenoxy) is 3. The molecule has 1 heterocycles. The van der Waals surface area contributed by atoms with Gasteiger partial charge in [-0.2, -0.15) is 8.42 Å². The van der Waals surface area contributed by atoms with Gasteiger partial charge in [0.05, 0.1) is 6.61 Å². The zero-order chi connectivity index (χ0) is 20.6. The first-order chi connectivity index (χ1) is 12.6. The van der Waals surface area contributed by atoms with Crippen molar-refractivity contribution in [2.75, 3.05) is 19.0 Å². The summed E-state index contributed by atoms with van der Waals surface area (Å²) in [6.45, 7) is 1.02. The second-order valence-electron chi connectivity index (χ2n) is 6.34. The highest BCUT2D eigenvalue weighted by Crippen LogP contribution is 2.24. The molecule has 1 saturated heterocycles. The number of aliphatic hydroxyl groups is 4. The molecule has 27 heavy (non-hydrogen) atoms. The minimum Gasteiger partial charge on any atom is -0.463 e. The van der Waals surface area contributed by atoms with Crippen LogP contribution in [0.1, 0.15) is 32.6 Å². The van der Waals surface area contributed by atoms with Gasteiger partial charge in [0.25, 0.3) is 10.1 Å². The van der Waals surface area contributed by atoms with Gasteiger partial charge in [0.2, 0.25) is 0 Å². The maximum atomic E-state index is 11.6. The van der Waals surface area contributed by atoms with Crippen molar-refractivity contribution in [2.24, 2.45) is 0 Å². The summed E-state index contributed by atoms with van der Waals surface area (Å²) in [6, 6.07) is 0. The van der Waals surface area contributed by atoms with Gasteiger partial charge in [0, 0.05) is 6.42 Å². The molecule has 0 amide bonds. The van der Waals surface area contributed by atoms with Gasteiger partial charge in [-0.25, -0.2) is 0 Å². The second kappa shape index (κ2) is 11.2. The molecule has 160 valence electrons. The first kappa shape index (κ1) is 24.2. The summed E-state index contributed by atoms with van der Waals surface area (Å²) in [5.41, 5.74) is 0. The number of hydrogen-bond donors (Lipinski definition) is 5. The van der Waals surface area contributed by atoms with E-state index in [9.17, 15) is 33.6 Å². The van der Waals surface area contributed by atoms with Gasteiger partial charge >= 0.3 is 5.97 Å². The lowest BCUT2D eigenvalue weighted by molar-refractivity contribution is -0.307. The molecule has 1 fully saturated rings. The van der Waals surface area contributed by atoms with Crippen LogP contribution < -0.4 is 0 Å². The molecule has 0 radical (unpaired) electrons. The fraction of sp³-hybridized carbons (Fsp3) is 0.933. The Morgan fingerprint density at radius 3 is 2.37 bits per heavy atom. The van der Waals surface area contributed by atoms with Crippen molar-refractivity contribution in [2.45, 2.75) is 69.4 Å².